The molecule has 1 fully saturated rings. The lowest BCUT2D eigenvalue weighted by Crippen LogP contribution is -2.22. The molecule has 2 aliphatic heterocycles. The molecule has 22 heavy (non-hydrogen) atoms. The van der Waals surface area contributed by atoms with E-state index in [0.29, 0.717) is 12.0 Å². The lowest BCUT2D eigenvalue weighted by atomic mass is 10.0. The Morgan fingerprint density at radius 1 is 1.14 bits per heavy atom. The van der Waals surface area contributed by atoms with Gasteiger partial charge in [0, 0.05) is 30.4 Å². The van der Waals surface area contributed by atoms with E-state index < -0.39 is 0 Å². The van der Waals surface area contributed by atoms with E-state index in [1.807, 2.05) is 0 Å². The van der Waals surface area contributed by atoms with Gasteiger partial charge in [-0.05, 0) is 30.5 Å². The molecule has 4 rings (SSSR count). The van der Waals surface area contributed by atoms with E-state index >= 15 is 0 Å². The first kappa shape index (κ1) is 14.0. The van der Waals surface area contributed by atoms with Gasteiger partial charge in [-0.3, -0.25) is 4.84 Å². The summed E-state index contributed by atoms with van der Waals surface area (Å²) in [6.07, 6.45) is 3.75. The Morgan fingerprint density at radius 3 is 2.82 bits per heavy atom. The van der Waals surface area contributed by atoms with Crippen LogP contribution in [0, 0.1) is 5.92 Å². The molecule has 116 valence electrons. The molecule has 1 aromatic heterocycles. The second-order valence-corrected chi connectivity index (χ2v) is 6.53. The van der Waals surface area contributed by atoms with Gasteiger partial charge >= 0.3 is 0 Å². The number of fused-ring (bicyclic) bond motifs is 3. The summed E-state index contributed by atoms with van der Waals surface area (Å²) in [5.74, 6) is 0.611. The maximum atomic E-state index is 5.99. The zero-order chi connectivity index (χ0) is 14.9. The van der Waals surface area contributed by atoms with Crippen LogP contribution in [0.1, 0.15) is 42.8 Å². The first-order valence-electron chi connectivity index (χ1n) is 8.48. The second kappa shape index (κ2) is 5.90. The molecule has 1 saturated heterocycles. The standard InChI is InChI=1S/C19H24N2O/c1-2-3-9-17-10-11-18-19-16(13-20(17)18)14-22-21(19)12-15-7-5-4-6-8-15/h4-8,10-11,16,19H,2-3,9,12-14H2,1H3/t16-,19+/m1/s1. The van der Waals surface area contributed by atoms with Crippen LogP contribution in [0.3, 0.4) is 0 Å². The number of nitrogens with zero attached hydrogens (tertiary/aromatic N) is 2. The summed E-state index contributed by atoms with van der Waals surface area (Å²) in [4.78, 5) is 5.99. The zero-order valence-electron chi connectivity index (χ0n) is 13.2. The summed E-state index contributed by atoms with van der Waals surface area (Å²) in [7, 11) is 0. The van der Waals surface area contributed by atoms with E-state index in [1.165, 1.54) is 36.2 Å². The van der Waals surface area contributed by atoms with Crippen molar-refractivity contribution >= 4 is 0 Å². The number of aryl methyl sites for hydroxylation is 1. The quantitative estimate of drug-likeness (QED) is 0.831. The molecule has 3 nitrogen and oxygen atoms in total. The molecule has 0 bridgehead atoms. The van der Waals surface area contributed by atoms with E-state index in [-0.39, 0.29) is 0 Å². The van der Waals surface area contributed by atoms with E-state index in [2.05, 4.69) is 59.0 Å². The maximum Gasteiger partial charge on any atom is 0.0825 e. The SMILES string of the molecule is CCCCc1ccc2n1C[C@@H]1CON(Cc3ccccc3)[C@H]21. The van der Waals surface area contributed by atoms with Crippen molar-refractivity contribution in [3.8, 4) is 0 Å². The highest BCUT2D eigenvalue weighted by atomic mass is 16.7. The first-order chi connectivity index (χ1) is 10.9. The van der Waals surface area contributed by atoms with E-state index in [4.69, 9.17) is 4.84 Å². The highest BCUT2D eigenvalue weighted by Crippen LogP contribution is 2.43. The van der Waals surface area contributed by atoms with Gasteiger partial charge in [-0.15, -0.1) is 0 Å². The molecule has 0 unspecified atom stereocenters. The molecule has 3 heteroatoms. The number of hydrogen-bond donors (Lipinski definition) is 0. The summed E-state index contributed by atoms with van der Waals surface area (Å²) in [6, 6.07) is 15.7. The van der Waals surface area contributed by atoms with Gasteiger partial charge in [0.25, 0.3) is 0 Å². The maximum absolute atomic E-state index is 5.99. The van der Waals surface area contributed by atoms with Gasteiger partial charge in [0.2, 0.25) is 0 Å². The summed E-state index contributed by atoms with van der Waals surface area (Å²) in [5.41, 5.74) is 4.27. The van der Waals surface area contributed by atoms with E-state index in [9.17, 15) is 0 Å². The lowest BCUT2D eigenvalue weighted by molar-refractivity contribution is -0.141. The fourth-order valence-electron chi connectivity index (χ4n) is 3.87. The Labute approximate surface area is 132 Å². The topological polar surface area (TPSA) is 17.4 Å². The van der Waals surface area contributed by atoms with Crippen LogP contribution in [0.5, 0.6) is 0 Å². The minimum absolute atomic E-state index is 0.426. The molecule has 0 spiro atoms. The Balaban J connectivity index is 1.55. The average molecular weight is 296 g/mol. The summed E-state index contributed by atoms with van der Waals surface area (Å²) < 4.78 is 2.55. The fraction of sp³-hybridized carbons (Fsp3) is 0.474. The van der Waals surface area contributed by atoms with Gasteiger partial charge < -0.3 is 4.57 Å². The Bertz CT molecular complexity index is 634. The number of benzene rings is 1. The molecule has 0 saturated carbocycles. The summed E-state index contributed by atoms with van der Waals surface area (Å²) in [5, 5.41) is 2.20. The Kier molecular flexibility index (Phi) is 3.77. The van der Waals surface area contributed by atoms with Crippen LogP contribution in [0.25, 0.3) is 0 Å². The first-order valence-corrected chi connectivity index (χ1v) is 8.48. The van der Waals surface area contributed by atoms with Gasteiger partial charge in [-0.2, -0.15) is 5.06 Å². The van der Waals surface area contributed by atoms with Crippen molar-refractivity contribution in [2.24, 2.45) is 5.92 Å². The van der Waals surface area contributed by atoms with Gasteiger partial charge in [-0.1, -0.05) is 43.7 Å². The third-order valence-corrected chi connectivity index (χ3v) is 5.00. The normalized spacial score (nSPS) is 23.7. The summed E-state index contributed by atoms with van der Waals surface area (Å²) >= 11 is 0. The molecule has 0 amide bonds. The second-order valence-electron chi connectivity index (χ2n) is 6.53. The molecular weight excluding hydrogens is 272 g/mol. The smallest absolute Gasteiger partial charge is 0.0825 e. The minimum atomic E-state index is 0.426. The molecule has 0 aliphatic carbocycles. The van der Waals surface area contributed by atoms with Crippen molar-refractivity contribution < 1.29 is 4.84 Å². The highest BCUT2D eigenvalue weighted by molar-refractivity contribution is 5.25. The molecule has 2 aliphatic rings. The molecule has 2 aromatic rings. The molecule has 0 N–H and O–H groups in total. The van der Waals surface area contributed by atoms with Gasteiger partial charge in [0.15, 0.2) is 0 Å². The number of unbranched alkanes of at least 4 members (excludes halogenated alkanes) is 1. The molecule has 3 heterocycles. The van der Waals surface area contributed by atoms with Crippen LogP contribution >= 0.6 is 0 Å². The average Bonchev–Trinajstić information content (AvgIpc) is 3.19. The van der Waals surface area contributed by atoms with E-state index in [0.717, 1.165) is 19.7 Å². The summed E-state index contributed by atoms with van der Waals surface area (Å²) in [6.45, 7) is 5.11. The zero-order valence-corrected chi connectivity index (χ0v) is 13.2. The molecule has 2 atom stereocenters. The van der Waals surface area contributed by atoms with Crippen LogP contribution < -0.4 is 0 Å². The molecule has 1 aromatic carbocycles. The van der Waals surface area contributed by atoms with Crippen molar-refractivity contribution in [2.75, 3.05) is 6.61 Å². The number of hydroxylamine groups is 2. The molecule has 0 radical (unpaired) electrons. The van der Waals surface area contributed by atoms with E-state index in [1.54, 1.807) is 0 Å². The van der Waals surface area contributed by atoms with Crippen molar-refractivity contribution in [1.29, 1.82) is 0 Å². The Hall–Kier alpha value is -1.58. The highest BCUT2D eigenvalue weighted by Gasteiger charge is 2.43. The number of rotatable bonds is 5. The van der Waals surface area contributed by atoms with Crippen LogP contribution in [-0.4, -0.2) is 16.2 Å². The predicted octanol–water partition coefficient (Wildman–Crippen LogP) is 3.95. The van der Waals surface area contributed by atoms with Crippen molar-refractivity contribution in [2.45, 2.75) is 45.3 Å². The minimum Gasteiger partial charge on any atom is -0.347 e. The van der Waals surface area contributed by atoms with Gasteiger partial charge in [0.1, 0.15) is 0 Å². The molecular formula is C19H24N2O. The fourth-order valence-corrected chi connectivity index (χ4v) is 3.87. The Morgan fingerprint density at radius 2 is 2.00 bits per heavy atom. The number of aromatic nitrogens is 1. The monoisotopic (exact) mass is 296 g/mol. The van der Waals surface area contributed by atoms with Crippen LogP contribution in [-0.2, 0) is 24.3 Å². The van der Waals surface area contributed by atoms with Gasteiger partial charge in [0.05, 0.1) is 12.6 Å². The van der Waals surface area contributed by atoms with Crippen molar-refractivity contribution in [3.05, 3.63) is 59.4 Å². The van der Waals surface area contributed by atoms with Crippen LogP contribution in [0.15, 0.2) is 42.5 Å². The largest absolute Gasteiger partial charge is 0.347 e. The van der Waals surface area contributed by atoms with Crippen LogP contribution in [0.4, 0.5) is 0 Å². The lowest BCUT2D eigenvalue weighted by Gasteiger charge is -2.21. The third kappa shape index (κ3) is 2.38. The number of hydrogen-bond acceptors (Lipinski definition) is 2. The predicted molar refractivity (Wildman–Crippen MR) is 87.2 cm³/mol. The van der Waals surface area contributed by atoms with Gasteiger partial charge in [-0.25, -0.2) is 0 Å². The van der Waals surface area contributed by atoms with Crippen molar-refractivity contribution in [3.63, 3.8) is 0 Å². The van der Waals surface area contributed by atoms with Crippen LogP contribution in [0.2, 0.25) is 0 Å². The third-order valence-electron chi connectivity index (χ3n) is 5.00. The van der Waals surface area contributed by atoms with Crippen molar-refractivity contribution in [1.82, 2.24) is 9.63 Å².